The van der Waals surface area contributed by atoms with Gasteiger partial charge in [0, 0.05) is 49.7 Å². The van der Waals surface area contributed by atoms with Gasteiger partial charge >= 0.3 is 0 Å². The van der Waals surface area contributed by atoms with Crippen molar-refractivity contribution in [2.45, 2.75) is 46.2 Å². The van der Waals surface area contributed by atoms with Gasteiger partial charge in [-0.1, -0.05) is 6.07 Å². The normalized spacial score (nSPS) is 15.8. The lowest BCUT2D eigenvalue weighted by molar-refractivity contribution is -0.121. The number of hydrogen-bond acceptors (Lipinski definition) is 4. The molecule has 2 N–H and O–H groups in total. The minimum atomic E-state index is -0.0531. The first-order valence-corrected chi connectivity index (χ1v) is 9.67. The van der Waals surface area contributed by atoms with Gasteiger partial charge in [-0.25, -0.2) is 4.98 Å². The fourth-order valence-electron chi connectivity index (χ4n) is 3.61. The van der Waals surface area contributed by atoms with E-state index in [-0.39, 0.29) is 11.5 Å². The number of carbonyl (C=O) groups is 1. The first-order chi connectivity index (χ1) is 13.0. The predicted octanol–water partition coefficient (Wildman–Crippen LogP) is 1.61. The zero-order chi connectivity index (χ0) is 19.2. The quantitative estimate of drug-likeness (QED) is 0.775. The Morgan fingerprint density at radius 2 is 2.07 bits per heavy atom. The number of hydrogen-bond donors (Lipinski definition) is 2. The molecule has 146 valence electrons. The highest BCUT2D eigenvalue weighted by Crippen LogP contribution is 2.18. The van der Waals surface area contributed by atoms with Gasteiger partial charge in [-0.05, 0) is 51.8 Å². The first-order valence-electron chi connectivity index (χ1n) is 9.67. The number of likely N-dealkylation sites (tertiary alicyclic amines) is 1. The molecule has 3 heterocycles. The number of carbonyl (C=O) groups excluding carboxylic acids is 1. The second-order valence-corrected chi connectivity index (χ2v) is 7.42. The summed E-state index contributed by atoms with van der Waals surface area (Å²) in [5.74, 6) is 1.49. The van der Waals surface area contributed by atoms with E-state index in [1.807, 2.05) is 26.1 Å². The smallest absolute Gasteiger partial charge is 0.250 e. The Hall–Kier alpha value is -2.41. The number of rotatable bonds is 7. The lowest BCUT2D eigenvalue weighted by Crippen LogP contribution is -2.38. The number of nitrogens with one attached hydrogen (secondary N) is 2. The molecule has 3 rings (SSSR count). The Labute approximate surface area is 159 Å². The van der Waals surface area contributed by atoms with E-state index in [0.29, 0.717) is 18.9 Å². The Morgan fingerprint density at radius 1 is 1.30 bits per heavy atom. The second-order valence-electron chi connectivity index (χ2n) is 7.42. The maximum absolute atomic E-state index is 12.1. The van der Waals surface area contributed by atoms with Gasteiger partial charge in [-0.2, -0.15) is 0 Å². The van der Waals surface area contributed by atoms with Crippen molar-refractivity contribution >= 4 is 5.91 Å². The number of pyridine rings is 1. The third-order valence-corrected chi connectivity index (χ3v) is 5.27. The largest absolute Gasteiger partial charge is 0.356 e. The Balaban J connectivity index is 1.36. The van der Waals surface area contributed by atoms with E-state index in [1.54, 1.807) is 10.6 Å². The van der Waals surface area contributed by atoms with Crippen LogP contribution in [0.5, 0.6) is 0 Å². The minimum Gasteiger partial charge on any atom is -0.356 e. The summed E-state index contributed by atoms with van der Waals surface area (Å²) in [4.78, 5) is 33.9. The predicted molar refractivity (Wildman–Crippen MR) is 104 cm³/mol. The van der Waals surface area contributed by atoms with Crippen LogP contribution in [0.25, 0.3) is 0 Å². The molecular weight excluding hydrogens is 342 g/mol. The van der Waals surface area contributed by atoms with Crippen molar-refractivity contribution in [1.82, 2.24) is 24.8 Å². The summed E-state index contributed by atoms with van der Waals surface area (Å²) in [7, 11) is 0. The molecule has 0 unspecified atom stereocenters. The maximum atomic E-state index is 12.1. The number of amides is 1. The first kappa shape index (κ1) is 19.4. The molecule has 0 atom stereocenters. The molecular formula is C20H29N5O2. The van der Waals surface area contributed by atoms with E-state index in [0.717, 1.165) is 56.2 Å². The summed E-state index contributed by atoms with van der Waals surface area (Å²) in [6.07, 6.45) is 4.42. The fourth-order valence-corrected chi connectivity index (χ4v) is 3.61. The van der Waals surface area contributed by atoms with Gasteiger partial charge in [0.05, 0.1) is 0 Å². The molecule has 1 amide bonds. The van der Waals surface area contributed by atoms with Crippen molar-refractivity contribution in [1.29, 1.82) is 0 Å². The van der Waals surface area contributed by atoms with Crippen LogP contribution in [0.15, 0.2) is 29.2 Å². The monoisotopic (exact) mass is 371 g/mol. The molecule has 0 saturated carbocycles. The Kier molecular flexibility index (Phi) is 6.45. The van der Waals surface area contributed by atoms with Crippen LogP contribution in [0.1, 0.15) is 36.5 Å². The summed E-state index contributed by atoms with van der Waals surface area (Å²) in [5, 5.41) is 3.04. The van der Waals surface area contributed by atoms with E-state index in [4.69, 9.17) is 0 Å². The molecule has 1 aliphatic rings. The summed E-state index contributed by atoms with van der Waals surface area (Å²) in [6, 6.07) is 5.16. The van der Waals surface area contributed by atoms with Gasteiger partial charge in [0.25, 0.3) is 5.56 Å². The van der Waals surface area contributed by atoms with Crippen molar-refractivity contribution in [2.24, 2.45) is 5.92 Å². The van der Waals surface area contributed by atoms with Crippen LogP contribution in [0.2, 0.25) is 0 Å². The summed E-state index contributed by atoms with van der Waals surface area (Å²) in [5.41, 5.74) is 1.99. The number of nitrogens with zero attached hydrogens (tertiary/aromatic N) is 3. The molecule has 1 aliphatic heterocycles. The standard InChI is InChI=1S/C20H29N5O2/c1-15-4-3-5-20(27)25(15)11-8-19(26)22-12-17-6-9-24(10-7-17)14-18-13-21-16(2)23-18/h3-5,13,17H,6-12,14H2,1-2H3,(H,21,23)(H,22,26). The van der Waals surface area contributed by atoms with Gasteiger partial charge in [-0.15, -0.1) is 0 Å². The lowest BCUT2D eigenvalue weighted by Gasteiger charge is -2.31. The Morgan fingerprint density at radius 3 is 2.74 bits per heavy atom. The van der Waals surface area contributed by atoms with Crippen LogP contribution in [0, 0.1) is 19.8 Å². The lowest BCUT2D eigenvalue weighted by atomic mass is 9.96. The summed E-state index contributed by atoms with van der Waals surface area (Å²) < 4.78 is 1.65. The van der Waals surface area contributed by atoms with E-state index in [1.165, 1.54) is 6.07 Å². The Bertz CT molecular complexity index is 818. The van der Waals surface area contributed by atoms with Gasteiger partial charge < -0.3 is 14.9 Å². The maximum Gasteiger partial charge on any atom is 0.250 e. The van der Waals surface area contributed by atoms with E-state index in [9.17, 15) is 9.59 Å². The average Bonchev–Trinajstić information content (AvgIpc) is 3.05. The third-order valence-electron chi connectivity index (χ3n) is 5.27. The molecule has 1 saturated heterocycles. The molecule has 0 spiro atoms. The highest BCUT2D eigenvalue weighted by atomic mass is 16.1. The number of piperidine rings is 1. The van der Waals surface area contributed by atoms with Crippen LogP contribution in [-0.4, -0.2) is 45.0 Å². The molecule has 7 heteroatoms. The zero-order valence-electron chi connectivity index (χ0n) is 16.2. The van der Waals surface area contributed by atoms with Crippen molar-refractivity contribution in [3.05, 3.63) is 52.0 Å². The molecule has 2 aromatic heterocycles. The molecule has 1 fully saturated rings. The molecule has 2 aromatic rings. The number of aromatic amines is 1. The average molecular weight is 371 g/mol. The van der Waals surface area contributed by atoms with Gasteiger partial charge in [0.15, 0.2) is 0 Å². The number of aromatic nitrogens is 3. The molecule has 0 bridgehead atoms. The SMILES string of the molecule is Cc1ncc(CN2CCC(CNC(=O)CCn3c(C)cccc3=O)CC2)[nH]1. The molecule has 0 aliphatic carbocycles. The molecule has 27 heavy (non-hydrogen) atoms. The van der Waals surface area contributed by atoms with Crippen LogP contribution < -0.4 is 10.9 Å². The van der Waals surface area contributed by atoms with E-state index >= 15 is 0 Å². The number of H-pyrrole nitrogens is 1. The van der Waals surface area contributed by atoms with Crippen molar-refractivity contribution in [3.63, 3.8) is 0 Å². The van der Waals surface area contributed by atoms with E-state index in [2.05, 4.69) is 20.2 Å². The second kappa shape index (κ2) is 8.99. The topological polar surface area (TPSA) is 83.0 Å². The van der Waals surface area contributed by atoms with Crippen molar-refractivity contribution in [3.8, 4) is 0 Å². The van der Waals surface area contributed by atoms with Gasteiger partial charge in [-0.3, -0.25) is 14.5 Å². The zero-order valence-corrected chi connectivity index (χ0v) is 16.2. The van der Waals surface area contributed by atoms with Crippen LogP contribution in [0.4, 0.5) is 0 Å². The van der Waals surface area contributed by atoms with Crippen LogP contribution in [-0.2, 0) is 17.9 Å². The molecule has 0 aromatic carbocycles. The summed E-state index contributed by atoms with van der Waals surface area (Å²) in [6.45, 7) is 7.99. The van der Waals surface area contributed by atoms with Crippen molar-refractivity contribution in [2.75, 3.05) is 19.6 Å². The van der Waals surface area contributed by atoms with Crippen LogP contribution in [0.3, 0.4) is 0 Å². The fraction of sp³-hybridized carbons (Fsp3) is 0.550. The van der Waals surface area contributed by atoms with E-state index < -0.39 is 0 Å². The van der Waals surface area contributed by atoms with Gasteiger partial charge in [0.2, 0.25) is 5.91 Å². The number of aryl methyl sites for hydroxylation is 2. The van der Waals surface area contributed by atoms with Crippen molar-refractivity contribution < 1.29 is 4.79 Å². The molecule has 0 radical (unpaired) electrons. The third kappa shape index (κ3) is 5.53. The number of imidazole rings is 1. The van der Waals surface area contributed by atoms with Crippen LogP contribution >= 0.6 is 0 Å². The minimum absolute atomic E-state index is 0.0144. The highest BCUT2D eigenvalue weighted by Gasteiger charge is 2.20. The molecule has 7 nitrogen and oxygen atoms in total. The van der Waals surface area contributed by atoms with Gasteiger partial charge in [0.1, 0.15) is 5.82 Å². The highest BCUT2D eigenvalue weighted by molar-refractivity contribution is 5.75. The summed E-state index contributed by atoms with van der Waals surface area (Å²) >= 11 is 0.